The van der Waals surface area contributed by atoms with Crippen LogP contribution in [0, 0.1) is 13.8 Å². The first-order valence-electron chi connectivity index (χ1n) is 8.99. The highest BCUT2D eigenvalue weighted by molar-refractivity contribution is 9.10. The van der Waals surface area contributed by atoms with E-state index in [1.54, 1.807) is 20.3 Å². The van der Waals surface area contributed by atoms with Crippen LogP contribution >= 0.6 is 28.1 Å². The van der Waals surface area contributed by atoms with E-state index in [0.29, 0.717) is 23.2 Å². The molecule has 0 bridgehead atoms. The van der Waals surface area contributed by atoms with Gasteiger partial charge in [0.25, 0.3) is 0 Å². The van der Waals surface area contributed by atoms with Gasteiger partial charge in [-0.25, -0.2) is 0 Å². The van der Waals surface area contributed by atoms with E-state index >= 15 is 0 Å². The Labute approximate surface area is 184 Å². The van der Waals surface area contributed by atoms with E-state index in [9.17, 15) is 0 Å². The van der Waals surface area contributed by atoms with Crippen LogP contribution in [0.2, 0.25) is 0 Å². The fourth-order valence-electron chi connectivity index (χ4n) is 2.96. The second kappa shape index (κ2) is 9.28. The second-order valence-corrected chi connectivity index (χ2v) is 7.80. The van der Waals surface area contributed by atoms with Crippen molar-refractivity contribution in [3.05, 3.63) is 63.9 Å². The summed E-state index contributed by atoms with van der Waals surface area (Å²) in [5.41, 5.74) is 4.71. The SMILES string of the molecule is COc1ccc(NC(=S)Nc2c(C)nn(Cc3ccc(Br)cc3)c2C)c(OC)c1. The molecule has 2 N–H and O–H groups in total. The van der Waals surface area contributed by atoms with Crippen LogP contribution in [0.25, 0.3) is 0 Å². The van der Waals surface area contributed by atoms with Crippen LogP contribution in [-0.4, -0.2) is 29.1 Å². The maximum Gasteiger partial charge on any atom is 0.175 e. The number of anilines is 2. The third-order valence-corrected chi connectivity index (χ3v) is 5.26. The number of rotatable bonds is 6. The van der Waals surface area contributed by atoms with Crippen molar-refractivity contribution in [2.24, 2.45) is 0 Å². The normalized spacial score (nSPS) is 10.5. The number of halogens is 1. The van der Waals surface area contributed by atoms with Crippen LogP contribution in [0.3, 0.4) is 0 Å². The Kier molecular flexibility index (Phi) is 6.76. The molecule has 0 aliphatic rings. The van der Waals surface area contributed by atoms with Crippen molar-refractivity contribution in [2.75, 3.05) is 24.9 Å². The maximum absolute atomic E-state index is 5.51. The molecular formula is C21H23BrN4O2S. The Morgan fingerprint density at radius 1 is 1.07 bits per heavy atom. The highest BCUT2D eigenvalue weighted by Gasteiger charge is 2.14. The molecule has 0 atom stereocenters. The van der Waals surface area contributed by atoms with Crippen molar-refractivity contribution in [3.8, 4) is 11.5 Å². The molecule has 29 heavy (non-hydrogen) atoms. The van der Waals surface area contributed by atoms with Crippen LogP contribution in [0.4, 0.5) is 11.4 Å². The lowest BCUT2D eigenvalue weighted by Gasteiger charge is -2.14. The first-order valence-corrected chi connectivity index (χ1v) is 10.2. The van der Waals surface area contributed by atoms with Gasteiger partial charge in [0.2, 0.25) is 0 Å². The van der Waals surface area contributed by atoms with Gasteiger partial charge in [-0.15, -0.1) is 0 Å². The zero-order valence-corrected chi connectivity index (χ0v) is 19.1. The van der Waals surface area contributed by atoms with E-state index in [1.807, 2.05) is 42.8 Å². The first kappa shape index (κ1) is 21.1. The summed E-state index contributed by atoms with van der Waals surface area (Å²) >= 11 is 8.97. The van der Waals surface area contributed by atoms with Crippen LogP contribution in [-0.2, 0) is 6.54 Å². The van der Waals surface area contributed by atoms with E-state index in [2.05, 4.69) is 43.8 Å². The fourth-order valence-corrected chi connectivity index (χ4v) is 3.44. The molecule has 0 spiro atoms. The number of benzene rings is 2. The van der Waals surface area contributed by atoms with Gasteiger partial charge in [0.05, 0.1) is 43.5 Å². The molecule has 1 heterocycles. The molecule has 6 nitrogen and oxygen atoms in total. The minimum Gasteiger partial charge on any atom is -0.497 e. The average molecular weight is 475 g/mol. The van der Waals surface area contributed by atoms with Gasteiger partial charge in [0.15, 0.2) is 5.11 Å². The van der Waals surface area contributed by atoms with Crippen LogP contribution in [0.5, 0.6) is 11.5 Å². The standard InChI is InChI=1S/C21H23BrN4O2S/c1-13-20(14(2)26(25-13)12-15-5-7-16(22)8-6-15)24-21(29)23-18-10-9-17(27-3)11-19(18)28-4/h5-11H,12H2,1-4H3,(H2,23,24,29). The summed E-state index contributed by atoms with van der Waals surface area (Å²) in [5.74, 6) is 1.36. The Morgan fingerprint density at radius 3 is 2.45 bits per heavy atom. The fraction of sp³-hybridized carbons (Fsp3) is 0.238. The van der Waals surface area contributed by atoms with Crippen molar-refractivity contribution >= 4 is 44.6 Å². The number of ether oxygens (including phenoxy) is 2. The molecule has 1 aromatic heterocycles. The van der Waals surface area contributed by atoms with Gasteiger partial charge in [-0.2, -0.15) is 5.10 Å². The molecule has 0 unspecified atom stereocenters. The molecule has 0 saturated carbocycles. The van der Waals surface area contributed by atoms with Gasteiger partial charge < -0.3 is 20.1 Å². The number of thiocarbonyl (C=S) groups is 1. The quantitative estimate of drug-likeness (QED) is 0.482. The molecule has 0 aliphatic heterocycles. The average Bonchev–Trinajstić information content (AvgIpc) is 2.97. The zero-order chi connectivity index (χ0) is 21.0. The Hall–Kier alpha value is -2.58. The molecule has 0 fully saturated rings. The van der Waals surface area contributed by atoms with E-state index in [-0.39, 0.29) is 0 Å². The molecule has 0 radical (unpaired) electrons. The summed E-state index contributed by atoms with van der Waals surface area (Å²) in [6, 6.07) is 13.7. The smallest absolute Gasteiger partial charge is 0.175 e. The van der Waals surface area contributed by atoms with E-state index in [1.165, 1.54) is 5.56 Å². The highest BCUT2D eigenvalue weighted by Crippen LogP contribution is 2.29. The maximum atomic E-state index is 5.51. The molecule has 2 aromatic carbocycles. The molecule has 3 rings (SSSR count). The van der Waals surface area contributed by atoms with E-state index < -0.39 is 0 Å². The van der Waals surface area contributed by atoms with Crippen molar-refractivity contribution in [1.82, 2.24) is 9.78 Å². The van der Waals surface area contributed by atoms with Crippen molar-refractivity contribution < 1.29 is 9.47 Å². The third-order valence-electron chi connectivity index (χ3n) is 4.52. The number of methoxy groups -OCH3 is 2. The summed E-state index contributed by atoms with van der Waals surface area (Å²) < 4.78 is 13.7. The van der Waals surface area contributed by atoms with Gasteiger partial charge in [0.1, 0.15) is 11.5 Å². The highest BCUT2D eigenvalue weighted by atomic mass is 79.9. The molecule has 0 aliphatic carbocycles. The van der Waals surface area contributed by atoms with Gasteiger partial charge >= 0.3 is 0 Å². The topological polar surface area (TPSA) is 60.3 Å². The lowest BCUT2D eigenvalue weighted by molar-refractivity contribution is 0.395. The predicted molar refractivity (Wildman–Crippen MR) is 124 cm³/mol. The Bertz CT molecular complexity index is 1020. The van der Waals surface area contributed by atoms with Crippen LogP contribution < -0.4 is 20.1 Å². The number of hydrogen-bond donors (Lipinski definition) is 2. The molecule has 3 aromatic rings. The molecule has 152 valence electrons. The number of aryl methyl sites for hydroxylation is 1. The number of aromatic nitrogens is 2. The summed E-state index contributed by atoms with van der Waals surface area (Å²) in [7, 11) is 3.22. The number of nitrogens with zero attached hydrogens (tertiary/aromatic N) is 2. The summed E-state index contributed by atoms with van der Waals surface area (Å²) in [5, 5.41) is 11.6. The van der Waals surface area contributed by atoms with E-state index in [4.69, 9.17) is 21.7 Å². The molecule has 0 saturated heterocycles. The van der Waals surface area contributed by atoms with Gasteiger partial charge in [0, 0.05) is 10.5 Å². The lowest BCUT2D eigenvalue weighted by Crippen LogP contribution is -2.20. The third kappa shape index (κ3) is 5.07. The Morgan fingerprint density at radius 2 is 1.79 bits per heavy atom. The van der Waals surface area contributed by atoms with Crippen molar-refractivity contribution in [2.45, 2.75) is 20.4 Å². The van der Waals surface area contributed by atoms with Crippen molar-refractivity contribution in [1.29, 1.82) is 0 Å². The summed E-state index contributed by atoms with van der Waals surface area (Å²) in [6.45, 7) is 4.68. The molecular weight excluding hydrogens is 452 g/mol. The van der Waals surface area contributed by atoms with Crippen LogP contribution in [0.1, 0.15) is 17.0 Å². The minimum absolute atomic E-state index is 0.461. The second-order valence-electron chi connectivity index (χ2n) is 6.48. The largest absolute Gasteiger partial charge is 0.497 e. The van der Waals surface area contributed by atoms with Gasteiger partial charge in [-0.3, -0.25) is 4.68 Å². The van der Waals surface area contributed by atoms with Crippen LogP contribution in [0.15, 0.2) is 46.9 Å². The zero-order valence-electron chi connectivity index (χ0n) is 16.7. The lowest BCUT2D eigenvalue weighted by atomic mass is 10.2. The number of nitrogens with one attached hydrogen (secondary N) is 2. The predicted octanol–water partition coefficient (Wildman–Crippen LogP) is 5.14. The molecule has 0 amide bonds. The first-order chi connectivity index (χ1) is 13.9. The van der Waals surface area contributed by atoms with Gasteiger partial charge in [-0.1, -0.05) is 28.1 Å². The summed E-state index contributed by atoms with van der Waals surface area (Å²) in [6.07, 6.45) is 0. The number of hydrogen-bond acceptors (Lipinski definition) is 4. The minimum atomic E-state index is 0.461. The monoisotopic (exact) mass is 474 g/mol. The Balaban J connectivity index is 1.74. The van der Waals surface area contributed by atoms with Gasteiger partial charge in [-0.05, 0) is 55.9 Å². The summed E-state index contributed by atoms with van der Waals surface area (Å²) in [4.78, 5) is 0. The van der Waals surface area contributed by atoms with E-state index in [0.717, 1.165) is 27.2 Å². The van der Waals surface area contributed by atoms with Crippen molar-refractivity contribution in [3.63, 3.8) is 0 Å². The molecule has 8 heteroatoms.